The number of ether oxygens (including phenoxy) is 3. The molecule has 1 atom stereocenters. The predicted molar refractivity (Wildman–Crippen MR) is 115 cm³/mol. The minimum absolute atomic E-state index is 0. The van der Waals surface area contributed by atoms with Crippen LogP contribution in [0, 0.1) is 17.0 Å². The molecule has 170 valence electrons. The van der Waals surface area contributed by atoms with Crippen LogP contribution in [0.4, 0.5) is 8.78 Å². The van der Waals surface area contributed by atoms with Crippen molar-refractivity contribution in [1.82, 2.24) is 5.32 Å². The molecular formula is C21H26ClF2N3O4. The average Bonchev–Trinajstić information content (AvgIpc) is 2.73. The molecule has 7 nitrogen and oxygen atoms in total. The Morgan fingerprint density at radius 1 is 1.16 bits per heavy atom. The quantitative estimate of drug-likeness (QED) is 0.273. The number of nitrogen functional groups attached to an aromatic ring is 1. The molecule has 0 saturated heterocycles. The van der Waals surface area contributed by atoms with E-state index in [1.807, 2.05) is 0 Å². The number of amides is 1. The lowest BCUT2D eigenvalue weighted by atomic mass is 10.1. The number of amidine groups is 1. The van der Waals surface area contributed by atoms with Gasteiger partial charge in [0.1, 0.15) is 18.3 Å². The molecule has 31 heavy (non-hydrogen) atoms. The maximum Gasteiger partial charge on any atom is 0.254 e. The van der Waals surface area contributed by atoms with Crippen LogP contribution >= 0.6 is 12.4 Å². The zero-order valence-electron chi connectivity index (χ0n) is 17.2. The summed E-state index contributed by atoms with van der Waals surface area (Å²) in [6, 6.07) is 8.85. The first-order valence-electron chi connectivity index (χ1n) is 9.31. The summed E-state index contributed by atoms with van der Waals surface area (Å²) in [5.41, 5.74) is 6.16. The molecule has 0 aliphatic heterocycles. The van der Waals surface area contributed by atoms with E-state index in [9.17, 15) is 13.6 Å². The van der Waals surface area contributed by atoms with E-state index in [4.69, 9.17) is 25.4 Å². The second-order valence-electron chi connectivity index (χ2n) is 6.28. The molecular weight excluding hydrogens is 432 g/mol. The molecule has 10 heteroatoms. The van der Waals surface area contributed by atoms with E-state index in [2.05, 4.69) is 5.32 Å². The van der Waals surface area contributed by atoms with Crippen molar-refractivity contribution in [2.45, 2.75) is 19.6 Å². The minimum Gasteiger partial charge on any atom is -0.488 e. The van der Waals surface area contributed by atoms with Crippen LogP contribution in [-0.4, -0.2) is 38.7 Å². The van der Waals surface area contributed by atoms with E-state index in [0.29, 0.717) is 5.56 Å². The number of carbonyl (C=O) groups is 1. The smallest absolute Gasteiger partial charge is 0.254 e. The number of carbonyl (C=O) groups excluding carboxylic acids is 1. The molecule has 0 unspecified atom stereocenters. The van der Waals surface area contributed by atoms with Crippen molar-refractivity contribution in [3.05, 3.63) is 64.7 Å². The molecule has 2 aromatic carbocycles. The fraction of sp³-hybridized carbons (Fsp3) is 0.333. The molecule has 0 bridgehead atoms. The van der Waals surface area contributed by atoms with E-state index in [0.717, 1.165) is 17.7 Å². The van der Waals surface area contributed by atoms with Crippen LogP contribution in [-0.2, 0) is 20.8 Å². The zero-order valence-corrected chi connectivity index (χ0v) is 18.1. The van der Waals surface area contributed by atoms with Gasteiger partial charge < -0.3 is 25.3 Å². The normalized spacial score (nSPS) is 11.4. The summed E-state index contributed by atoms with van der Waals surface area (Å²) < 4.78 is 44.8. The van der Waals surface area contributed by atoms with E-state index in [1.165, 1.54) is 7.11 Å². The number of hydrogen-bond acceptors (Lipinski definition) is 5. The molecule has 0 aliphatic carbocycles. The van der Waals surface area contributed by atoms with Gasteiger partial charge in [-0.2, -0.15) is 0 Å². The first-order valence-corrected chi connectivity index (χ1v) is 9.31. The van der Waals surface area contributed by atoms with E-state index >= 15 is 0 Å². The predicted octanol–water partition coefficient (Wildman–Crippen LogP) is 3.09. The standard InChI is InChI=1S/C21H25F2N3O4.ClH/c1-3-29-19(17-15(22)8-9-16(18(17)23)30-11-10-28-2)21(27)26-12-13-4-6-14(7-5-13)20(24)25;/h4-9,19H,3,10-12H2,1-2H3,(H3,24,25)(H,26,27);1H/t19-;/m0./s1. The van der Waals surface area contributed by atoms with Crippen molar-refractivity contribution in [1.29, 1.82) is 5.41 Å². The third-order valence-electron chi connectivity index (χ3n) is 4.20. The summed E-state index contributed by atoms with van der Waals surface area (Å²) in [6.45, 7) is 2.09. The van der Waals surface area contributed by atoms with Crippen LogP contribution in [0.3, 0.4) is 0 Å². The summed E-state index contributed by atoms with van der Waals surface area (Å²) in [4.78, 5) is 12.7. The SMILES string of the molecule is CCO[C@H](C(=O)NCc1ccc(C(=N)N)cc1)c1c(F)ccc(OCCOC)c1F.Cl. The highest BCUT2D eigenvalue weighted by Gasteiger charge is 2.29. The minimum atomic E-state index is -1.49. The Morgan fingerprint density at radius 3 is 2.42 bits per heavy atom. The van der Waals surface area contributed by atoms with Crippen molar-refractivity contribution < 1.29 is 27.8 Å². The van der Waals surface area contributed by atoms with Gasteiger partial charge in [-0.05, 0) is 24.6 Å². The van der Waals surface area contributed by atoms with Gasteiger partial charge in [-0.15, -0.1) is 12.4 Å². The molecule has 0 fully saturated rings. The fourth-order valence-electron chi connectivity index (χ4n) is 2.68. The highest BCUT2D eigenvalue weighted by atomic mass is 35.5. The maximum atomic E-state index is 14.9. The zero-order chi connectivity index (χ0) is 22.1. The monoisotopic (exact) mass is 457 g/mol. The van der Waals surface area contributed by atoms with Gasteiger partial charge >= 0.3 is 0 Å². The Labute approximate surface area is 185 Å². The van der Waals surface area contributed by atoms with Gasteiger partial charge in [0.25, 0.3) is 5.91 Å². The van der Waals surface area contributed by atoms with E-state index in [-0.39, 0.29) is 50.4 Å². The van der Waals surface area contributed by atoms with Crippen LogP contribution in [0.25, 0.3) is 0 Å². The molecule has 0 saturated carbocycles. The topological polar surface area (TPSA) is 107 Å². The summed E-state index contributed by atoms with van der Waals surface area (Å²) in [5.74, 6) is -2.86. The number of benzene rings is 2. The van der Waals surface area contributed by atoms with Gasteiger partial charge in [0.15, 0.2) is 17.7 Å². The van der Waals surface area contributed by atoms with Gasteiger partial charge in [-0.1, -0.05) is 24.3 Å². The highest BCUT2D eigenvalue weighted by Crippen LogP contribution is 2.30. The summed E-state index contributed by atoms with van der Waals surface area (Å²) >= 11 is 0. The third kappa shape index (κ3) is 7.16. The maximum absolute atomic E-state index is 14.9. The van der Waals surface area contributed by atoms with Gasteiger partial charge in [0, 0.05) is 25.8 Å². The Bertz CT molecular complexity index is 882. The Morgan fingerprint density at radius 2 is 1.84 bits per heavy atom. The van der Waals surface area contributed by atoms with Crippen LogP contribution in [0.15, 0.2) is 36.4 Å². The third-order valence-corrected chi connectivity index (χ3v) is 4.20. The van der Waals surface area contributed by atoms with Gasteiger partial charge in [0.05, 0.1) is 12.2 Å². The largest absolute Gasteiger partial charge is 0.488 e. The van der Waals surface area contributed by atoms with Crippen LogP contribution in [0.2, 0.25) is 0 Å². The molecule has 0 spiro atoms. The number of methoxy groups -OCH3 is 1. The Kier molecular flexibility index (Phi) is 10.9. The van der Waals surface area contributed by atoms with Crippen molar-refractivity contribution in [3.63, 3.8) is 0 Å². The van der Waals surface area contributed by atoms with Gasteiger partial charge in [-0.3, -0.25) is 10.2 Å². The van der Waals surface area contributed by atoms with Crippen LogP contribution in [0.5, 0.6) is 5.75 Å². The molecule has 2 aromatic rings. The van der Waals surface area contributed by atoms with Crippen LogP contribution in [0.1, 0.15) is 29.7 Å². The summed E-state index contributed by atoms with van der Waals surface area (Å²) in [7, 11) is 1.47. The van der Waals surface area contributed by atoms with Crippen molar-refractivity contribution in [3.8, 4) is 5.75 Å². The molecule has 0 heterocycles. The molecule has 4 N–H and O–H groups in total. The molecule has 0 aliphatic rings. The Balaban J connectivity index is 0.00000480. The lowest BCUT2D eigenvalue weighted by molar-refractivity contribution is -0.133. The van der Waals surface area contributed by atoms with Crippen molar-refractivity contribution in [2.24, 2.45) is 5.73 Å². The highest BCUT2D eigenvalue weighted by molar-refractivity contribution is 5.94. The van der Waals surface area contributed by atoms with Crippen molar-refractivity contribution >= 4 is 24.1 Å². The van der Waals surface area contributed by atoms with E-state index in [1.54, 1.807) is 31.2 Å². The first-order chi connectivity index (χ1) is 14.4. The second-order valence-corrected chi connectivity index (χ2v) is 6.28. The number of rotatable bonds is 11. The van der Waals surface area contributed by atoms with Gasteiger partial charge in [0.2, 0.25) is 0 Å². The van der Waals surface area contributed by atoms with Crippen molar-refractivity contribution in [2.75, 3.05) is 26.9 Å². The Hall–Kier alpha value is -2.75. The number of nitrogens with two attached hydrogens (primary N) is 1. The first kappa shape index (κ1) is 26.3. The lowest BCUT2D eigenvalue weighted by Gasteiger charge is -2.20. The molecule has 2 rings (SSSR count). The number of hydrogen-bond donors (Lipinski definition) is 3. The number of halogens is 3. The summed E-state index contributed by atoms with van der Waals surface area (Å²) in [6.07, 6.45) is -1.49. The number of nitrogens with one attached hydrogen (secondary N) is 2. The average molecular weight is 458 g/mol. The molecule has 0 aromatic heterocycles. The second kappa shape index (κ2) is 12.8. The molecule has 0 radical (unpaired) electrons. The van der Waals surface area contributed by atoms with Crippen LogP contribution < -0.4 is 15.8 Å². The van der Waals surface area contributed by atoms with E-state index < -0.39 is 29.2 Å². The lowest BCUT2D eigenvalue weighted by Crippen LogP contribution is -2.32. The summed E-state index contributed by atoms with van der Waals surface area (Å²) in [5, 5.41) is 10.0. The molecule has 1 amide bonds. The van der Waals surface area contributed by atoms with Gasteiger partial charge in [-0.25, -0.2) is 8.78 Å². The fourth-order valence-corrected chi connectivity index (χ4v) is 2.68.